The lowest BCUT2D eigenvalue weighted by molar-refractivity contribution is -0.0898. The fourth-order valence-electron chi connectivity index (χ4n) is 3.86. The molecule has 0 N–H and O–H groups in total. The van der Waals surface area contributed by atoms with Gasteiger partial charge in [-0.2, -0.15) is 0 Å². The second-order valence-corrected chi connectivity index (χ2v) is 7.59. The summed E-state index contributed by atoms with van der Waals surface area (Å²) in [5.74, 6) is 1.61. The van der Waals surface area contributed by atoms with Gasteiger partial charge in [-0.1, -0.05) is 0 Å². The van der Waals surface area contributed by atoms with Crippen LogP contribution in [0.4, 0.5) is 0 Å². The predicted octanol–water partition coefficient (Wildman–Crippen LogP) is 2.07. The van der Waals surface area contributed by atoms with Crippen LogP contribution in [0.25, 0.3) is 0 Å². The number of aromatic nitrogens is 3. The molecule has 3 atom stereocenters. The van der Waals surface area contributed by atoms with Gasteiger partial charge in [0.25, 0.3) is 0 Å². The summed E-state index contributed by atoms with van der Waals surface area (Å²) in [6.07, 6.45) is 8.35. The number of aryl methyl sites for hydroxylation is 1. The topological polar surface area (TPSA) is 52.4 Å². The summed E-state index contributed by atoms with van der Waals surface area (Å²) in [6, 6.07) is 0.490. The van der Waals surface area contributed by atoms with Gasteiger partial charge in [-0.15, -0.1) is 11.3 Å². The molecule has 0 aromatic carbocycles. The molecule has 1 aliphatic carbocycles. The molecule has 0 spiro atoms. The highest BCUT2D eigenvalue weighted by Gasteiger charge is 2.42. The van der Waals surface area contributed by atoms with Gasteiger partial charge in [0, 0.05) is 49.5 Å². The van der Waals surface area contributed by atoms with Gasteiger partial charge in [-0.3, -0.25) is 4.90 Å². The second-order valence-electron chi connectivity index (χ2n) is 6.61. The lowest BCUT2D eigenvalue weighted by Gasteiger charge is -2.39. The lowest BCUT2D eigenvalue weighted by atomic mass is 10.0. The molecule has 0 radical (unpaired) electrons. The molecule has 4 rings (SSSR count). The number of imidazole rings is 1. The Labute approximate surface area is 146 Å². The number of morpholine rings is 1. The molecule has 2 aromatic rings. The Kier molecular flexibility index (Phi) is 4.93. The van der Waals surface area contributed by atoms with E-state index in [4.69, 9.17) is 9.47 Å². The van der Waals surface area contributed by atoms with Crippen molar-refractivity contribution in [2.75, 3.05) is 19.8 Å². The van der Waals surface area contributed by atoms with Gasteiger partial charge in [-0.05, 0) is 12.8 Å². The molecule has 2 aliphatic rings. The van der Waals surface area contributed by atoms with Crippen LogP contribution in [0.3, 0.4) is 0 Å². The molecular weight excluding hydrogens is 324 g/mol. The van der Waals surface area contributed by atoms with Crippen LogP contribution in [0.5, 0.6) is 0 Å². The van der Waals surface area contributed by atoms with Crippen LogP contribution < -0.4 is 0 Å². The quantitative estimate of drug-likeness (QED) is 0.800. The first-order chi connectivity index (χ1) is 11.8. The van der Waals surface area contributed by atoms with Crippen LogP contribution in [0.1, 0.15) is 23.7 Å². The Morgan fingerprint density at radius 1 is 1.33 bits per heavy atom. The number of nitrogens with zero attached hydrogens (tertiary/aromatic N) is 4. The number of hydrogen-bond acceptors (Lipinski definition) is 6. The van der Waals surface area contributed by atoms with Crippen LogP contribution in [0, 0.1) is 5.92 Å². The van der Waals surface area contributed by atoms with Crippen molar-refractivity contribution >= 4 is 11.3 Å². The van der Waals surface area contributed by atoms with Crippen molar-refractivity contribution in [3.63, 3.8) is 0 Å². The van der Waals surface area contributed by atoms with Crippen LogP contribution in [-0.2, 0) is 29.7 Å². The van der Waals surface area contributed by atoms with Crippen molar-refractivity contribution in [1.29, 1.82) is 0 Å². The number of thiazole rings is 1. The molecule has 2 aromatic heterocycles. The second kappa shape index (κ2) is 7.31. The largest absolute Gasteiger partial charge is 0.375 e. The minimum atomic E-state index is 0.287. The first kappa shape index (κ1) is 16.2. The van der Waals surface area contributed by atoms with E-state index >= 15 is 0 Å². The van der Waals surface area contributed by atoms with Gasteiger partial charge in [0.1, 0.15) is 10.8 Å². The molecule has 1 aliphatic heterocycles. The predicted molar refractivity (Wildman–Crippen MR) is 91.6 cm³/mol. The average molecular weight is 348 g/mol. The highest BCUT2D eigenvalue weighted by Crippen LogP contribution is 2.35. The Balaban J connectivity index is 1.33. The summed E-state index contributed by atoms with van der Waals surface area (Å²) in [4.78, 5) is 11.3. The van der Waals surface area contributed by atoms with Crippen molar-refractivity contribution < 1.29 is 9.47 Å². The zero-order valence-corrected chi connectivity index (χ0v) is 14.8. The summed E-state index contributed by atoms with van der Waals surface area (Å²) < 4.78 is 14.1. The van der Waals surface area contributed by atoms with Crippen LogP contribution in [-0.4, -0.2) is 51.3 Å². The van der Waals surface area contributed by atoms with E-state index in [-0.39, 0.29) is 6.10 Å². The molecule has 130 valence electrons. The number of fused-ring (bicyclic) bond motifs is 1. The van der Waals surface area contributed by atoms with E-state index in [9.17, 15) is 0 Å². The van der Waals surface area contributed by atoms with Crippen molar-refractivity contribution in [3.05, 3.63) is 34.8 Å². The average Bonchev–Trinajstić information content (AvgIpc) is 3.31. The van der Waals surface area contributed by atoms with Gasteiger partial charge in [0.15, 0.2) is 0 Å². The van der Waals surface area contributed by atoms with Crippen LogP contribution in [0.2, 0.25) is 0 Å². The van der Waals surface area contributed by atoms with Gasteiger partial charge in [0.2, 0.25) is 0 Å². The van der Waals surface area contributed by atoms with Crippen molar-refractivity contribution in [2.24, 2.45) is 13.0 Å². The molecular formula is C17H24N4O2S. The summed E-state index contributed by atoms with van der Waals surface area (Å²) in [5.41, 5.74) is 0. The molecule has 0 bridgehead atoms. The molecule has 2 fully saturated rings. The zero-order valence-electron chi connectivity index (χ0n) is 14.0. The lowest BCUT2D eigenvalue weighted by Crippen LogP contribution is -2.50. The van der Waals surface area contributed by atoms with E-state index in [0.717, 1.165) is 37.1 Å². The minimum Gasteiger partial charge on any atom is -0.375 e. The first-order valence-corrected chi connectivity index (χ1v) is 9.47. The Morgan fingerprint density at radius 3 is 3.08 bits per heavy atom. The zero-order chi connectivity index (χ0) is 16.4. The van der Waals surface area contributed by atoms with Gasteiger partial charge in [0.05, 0.1) is 32.5 Å². The molecule has 0 amide bonds. The maximum Gasteiger partial charge on any atom is 0.122 e. The van der Waals surface area contributed by atoms with Crippen LogP contribution in [0.15, 0.2) is 24.0 Å². The first-order valence-electron chi connectivity index (χ1n) is 8.59. The molecule has 0 unspecified atom stereocenters. The van der Waals surface area contributed by atoms with Gasteiger partial charge < -0.3 is 14.0 Å². The van der Waals surface area contributed by atoms with Crippen molar-refractivity contribution in [1.82, 2.24) is 19.4 Å². The third-order valence-electron chi connectivity index (χ3n) is 5.14. The minimum absolute atomic E-state index is 0.287. The van der Waals surface area contributed by atoms with E-state index in [1.54, 1.807) is 11.3 Å². The molecule has 3 heterocycles. The molecule has 7 heteroatoms. The highest BCUT2D eigenvalue weighted by molar-refractivity contribution is 7.09. The van der Waals surface area contributed by atoms with E-state index in [1.807, 2.05) is 24.0 Å². The summed E-state index contributed by atoms with van der Waals surface area (Å²) in [5, 5.41) is 3.04. The summed E-state index contributed by atoms with van der Waals surface area (Å²) in [7, 11) is 2.06. The number of rotatable bonds is 6. The maximum atomic E-state index is 6.12. The number of hydrogen-bond donors (Lipinski definition) is 0. The van der Waals surface area contributed by atoms with E-state index in [2.05, 4.69) is 26.5 Å². The molecule has 1 saturated carbocycles. The third kappa shape index (κ3) is 3.39. The van der Waals surface area contributed by atoms with Gasteiger partial charge in [-0.25, -0.2) is 9.97 Å². The standard InChI is InChI=1S/C17H24N4O2S/c1-20-6-4-18-15(20)10-21-7-8-23-17-13(2-3-14(17)21)11-22-12-16-19-5-9-24-16/h4-6,9,13-14,17H,2-3,7-8,10-12H2,1H3/t13-,14+,17+/m0/s1. The summed E-state index contributed by atoms with van der Waals surface area (Å²) >= 11 is 1.65. The SMILES string of the molecule is Cn1ccnc1CN1CCO[C@@H]2[C@H](COCc3nccs3)CC[C@H]21. The third-order valence-corrected chi connectivity index (χ3v) is 5.89. The fourth-order valence-corrected chi connectivity index (χ4v) is 4.42. The smallest absolute Gasteiger partial charge is 0.122 e. The van der Waals surface area contributed by atoms with E-state index in [1.165, 1.54) is 12.8 Å². The highest BCUT2D eigenvalue weighted by atomic mass is 32.1. The van der Waals surface area contributed by atoms with E-state index < -0.39 is 0 Å². The monoisotopic (exact) mass is 348 g/mol. The Bertz CT molecular complexity index is 645. The molecule has 6 nitrogen and oxygen atoms in total. The van der Waals surface area contributed by atoms with Crippen molar-refractivity contribution in [2.45, 2.75) is 38.1 Å². The van der Waals surface area contributed by atoms with Crippen molar-refractivity contribution in [3.8, 4) is 0 Å². The normalized spacial score (nSPS) is 27.5. The van der Waals surface area contributed by atoms with E-state index in [0.29, 0.717) is 18.6 Å². The molecule has 1 saturated heterocycles. The fraction of sp³-hybridized carbons (Fsp3) is 0.647. The summed E-state index contributed by atoms with van der Waals surface area (Å²) in [6.45, 7) is 4.07. The Morgan fingerprint density at radius 2 is 2.29 bits per heavy atom. The van der Waals surface area contributed by atoms with Crippen LogP contribution >= 0.6 is 11.3 Å². The molecule has 24 heavy (non-hydrogen) atoms. The Hall–Kier alpha value is -1.28. The van der Waals surface area contributed by atoms with Gasteiger partial charge >= 0.3 is 0 Å². The number of ether oxygens (including phenoxy) is 2. The maximum absolute atomic E-state index is 6.12.